The van der Waals surface area contributed by atoms with E-state index >= 15 is 0 Å². The first-order valence-corrected chi connectivity index (χ1v) is 8.70. The molecule has 3 aliphatic heterocycles. The van der Waals surface area contributed by atoms with Crippen molar-refractivity contribution in [3.8, 4) is 23.0 Å². The number of hydrogen-bond acceptors (Lipinski definition) is 5. The Morgan fingerprint density at radius 3 is 2.52 bits per heavy atom. The summed E-state index contributed by atoms with van der Waals surface area (Å²) < 4.78 is 27.8. The lowest BCUT2D eigenvalue weighted by Gasteiger charge is -2.18. The van der Waals surface area contributed by atoms with Crippen LogP contribution in [0.5, 0.6) is 23.0 Å². The number of para-hydroxylation sites is 1. The Labute approximate surface area is 146 Å². The molecule has 1 saturated heterocycles. The quantitative estimate of drug-likeness (QED) is 0.855. The summed E-state index contributed by atoms with van der Waals surface area (Å²) in [6.45, 7) is 2.22. The van der Waals surface area contributed by atoms with Crippen LogP contribution < -0.4 is 18.9 Å². The highest BCUT2D eigenvalue weighted by Crippen LogP contribution is 2.39. The first-order valence-electron chi connectivity index (χ1n) is 8.70. The van der Waals surface area contributed by atoms with Crippen molar-refractivity contribution in [2.24, 2.45) is 11.8 Å². The van der Waals surface area contributed by atoms with Crippen LogP contribution >= 0.6 is 0 Å². The molecule has 0 aliphatic carbocycles. The van der Waals surface area contributed by atoms with Gasteiger partial charge in [-0.3, -0.25) is 0 Å². The molecule has 2 atom stereocenters. The number of ether oxygens (including phenoxy) is 5. The molecule has 0 amide bonds. The molecule has 2 aromatic rings. The van der Waals surface area contributed by atoms with Gasteiger partial charge in [-0.2, -0.15) is 0 Å². The zero-order valence-electron chi connectivity index (χ0n) is 13.9. The highest BCUT2D eigenvalue weighted by atomic mass is 16.7. The van der Waals surface area contributed by atoms with Gasteiger partial charge < -0.3 is 23.7 Å². The minimum Gasteiger partial charge on any atom is -0.454 e. The molecule has 0 N–H and O–H groups in total. The minimum atomic E-state index is 0.314. The van der Waals surface area contributed by atoms with Crippen LogP contribution in [0.2, 0.25) is 0 Å². The van der Waals surface area contributed by atoms with E-state index in [2.05, 4.69) is 18.2 Å². The monoisotopic (exact) mass is 340 g/mol. The van der Waals surface area contributed by atoms with Crippen LogP contribution in [0.25, 0.3) is 0 Å². The molecule has 130 valence electrons. The Bertz CT molecular complexity index is 788. The summed E-state index contributed by atoms with van der Waals surface area (Å²) in [6.07, 6.45) is 1.93. The Hall–Kier alpha value is -2.40. The molecule has 2 aromatic carbocycles. The second-order valence-corrected chi connectivity index (χ2v) is 6.80. The molecule has 0 unspecified atom stereocenters. The molecule has 5 rings (SSSR count). The second kappa shape index (κ2) is 6.15. The zero-order chi connectivity index (χ0) is 16.6. The van der Waals surface area contributed by atoms with E-state index in [1.807, 2.05) is 18.2 Å². The molecule has 5 nitrogen and oxygen atoms in total. The first kappa shape index (κ1) is 14.9. The minimum absolute atomic E-state index is 0.314. The maximum atomic E-state index is 5.80. The molecule has 0 aromatic heterocycles. The topological polar surface area (TPSA) is 46.2 Å². The van der Waals surface area contributed by atoms with Crippen LogP contribution in [0, 0.1) is 11.8 Å². The molecule has 0 radical (unpaired) electrons. The van der Waals surface area contributed by atoms with E-state index in [4.69, 9.17) is 23.7 Å². The van der Waals surface area contributed by atoms with Crippen LogP contribution in [0.15, 0.2) is 36.4 Å². The number of benzene rings is 2. The summed E-state index contributed by atoms with van der Waals surface area (Å²) in [4.78, 5) is 0. The van der Waals surface area contributed by atoms with Crippen molar-refractivity contribution in [2.75, 3.05) is 26.8 Å². The molecule has 0 bridgehead atoms. The van der Waals surface area contributed by atoms with Crippen molar-refractivity contribution in [1.82, 2.24) is 0 Å². The summed E-state index contributed by atoms with van der Waals surface area (Å²) in [5.74, 6) is 4.39. The second-order valence-electron chi connectivity index (χ2n) is 6.80. The first-order chi connectivity index (χ1) is 12.4. The van der Waals surface area contributed by atoms with Gasteiger partial charge >= 0.3 is 0 Å². The summed E-state index contributed by atoms with van der Waals surface area (Å²) in [5.41, 5.74) is 2.48. The van der Waals surface area contributed by atoms with E-state index in [1.54, 1.807) is 0 Å². The third-order valence-corrected chi connectivity index (χ3v) is 5.23. The van der Waals surface area contributed by atoms with Gasteiger partial charge in [-0.1, -0.05) is 18.2 Å². The summed E-state index contributed by atoms with van der Waals surface area (Å²) in [6, 6.07) is 12.3. The highest BCUT2D eigenvalue weighted by molar-refractivity contribution is 5.48. The maximum Gasteiger partial charge on any atom is 0.231 e. The smallest absolute Gasteiger partial charge is 0.231 e. The molecule has 5 heteroatoms. The Kier molecular flexibility index (Phi) is 3.67. The molecule has 0 spiro atoms. The van der Waals surface area contributed by atoms with Crippen molar-refractivity contribution in [3.63, 3.8) is 0 Å². The Morgan fingerprint density at radius 1 is 0.760 bits per heavy atom. The number of hydrogen-bond donors (Lipinski definition) is 0. The van der Waals surface area contributed by atoms with Gasteiger partial charge in [-0.15, -0.1) is 0 Å². The predicted octanol–water partition coefficient (Wildman–Crippen LogP) is 3.19. The fourth-order valence-electron chi connectivity index (χ4n) is 3.90. The van der Waals surface area contributed by atoms with Crippen LogP contribution in [-0.2, 0) is 17.6 Å². The Morgan fingerprint density at radius 2 is 1.56 bits per heavy atom. The van der Waals surface area contributed by atoms with Gasteiger partial charge in [0.15, 0.2) is 23.0 Å². The van der Waals surface area contributed by atoms with Gasteiger partial charge in [-0.05, 0) is 54.0 Å². The normalized spacial score (nSPS) is 23.2. The standard InChI is InChI=1S/C20H20O5/c1-2-14(20-18(3-1)23-12-25-20)8-16-10-21-9-15(16)6-13-4-5-17-19(7-13)24-11-22-17/h1-5,7,15-16H,6,8-12H2/t15-,16-/m1/s1. The van der Waals surface area contributed by atoms with Crippen molar-refractivity contribution in [3.05, 3.63) is 47.5 Å². The van der Waals surface area contributed by atoms with Crippen LogP contribution in [-0.4, -0.2) is 26.8 Å². The van der Waals surface area contributed by atoms with Gasteiger partial charge in [0.25, 0.3) is 0 Å². The van der Waals surface area contributed by atoms with Gasteiger partial charge in [0.05, 0.1) is 13.2 Å². The third-order valence-electron chi connectivity index (χ3n) is 5.23. The lowest BCUT2D eigenvalue weighted by atomic mass is 9.85. The molecule has 1 fully saturated rings. The van der Waals surface area contributed by atoms with Crippen molar-refractivity contribution in [2.45, 2.75) is 12.8 Å². The van der Waals surface area contributed by atoms with E-state index in [-0.39, 0.29) is 0 Å². The summed E-state index contributed by atoms with van der Waals surface area (Å²) in [5, 5.41) is 0. The summed E-state index contributed by atoms with van der Waals surface area (Å²) in [7, 11) is 0. The van der Waals surface area contributed by atoms with E-state index < -0.39 is 0 Å². The molecule has 3 heterocycles. The lowest BCUT2D eigenvalue weighted by molar-refractivity contribution is 0.172. The third kappa shape index (κ3) is 2.78. The van der Waals surface area contributed by atoms with Crippen molar-refractivity contribution in [1.29, 1.82) is 0 Å². The molecular formula is C20H20O5. The molecule has 25 heavy (non-hydrogen) atoms. The summed E-state index contributed by atoms with van der Waals surface area (Å²) >= 11 is 0. The van der Waals surface area contributed by atoms with Gasteiger partial charge in [-0.25, -0.2) is 0 Å². The molecule has 0 saturated carbocycles. The fourth-order valence-corrected chi connectivity index (χ4v) is 3.90. The molecule has 3 aliphatic rings. The van der Waals surface area contributed by atoms with Crippen molar-refractivity contribution >= 4 is 0 Å². The average molecular weight is 340 g/mol. The van der Waals surface area contributed by atoms with Crippen LogP contribution in [0.4, 0.5) is 0 Å². The number of fused-ring (bicyclic) bond motifs is 2. The van der Waals surface area contributed by atoms with Crippen LogP contribution in [0.1, 0.15) is 11.1 Å². The van der Waals surface area contributed by atoms with E-state index in [0.717, 1.165) is 49.1 Å². The van der Waals surface area contributed by atoms with Gasteiger partial charge in [0.2, 0.25) is 13.6 Å². The lowest BCUT2D eigenvalue weighted by Crippen LogP contribution is -2.18. The predicted molar refractivity (Wildman–Crippen MR) is 90.3 cm³/mol. The largest absolute Gasteiger partial charge is 0.454 e. The van der Waals surface area contributed by atoms with E-state index in [0.29, 0.717) is 25.4 Å². The van der Waals surface area contributed by atoms with Gasteiger partial charge in [0, 0.05) is 0 Å². The van der Waals surface area contributed by atoms with Crippen molar-refractivity contribution < 1.29 is 23.7 Å². The highest BCUT2D eigenvalue weighted by Gasteiger charge is 2.31. The maximum absolute atomic E-state index is 5.80. The Balaban J connectivity index is 1.32. The number of rotatable bonds is 4. The zero-order valence-corrected chi connectivity index (χ0v) is 13.9. The van der Waals surface area contributed by atoms with Gasteiger partial charge in [0.1, 0.15) is 0 Å². The SMILES string of the molecule is c1cc(C[C@@H]2COC[C@H]2Cc2ccc3c(c2)OCO3)c2c(c1)OCO2. The molecular weight excluding hydrogens is 320 g/mol. The average Bonchev–Trinajstić information content (AvgIpc) is 3.35. The fraction of sp³-hybridized carbons (Fsp3) is 0.400. The van der Waals surface area contributed by atoms with E-state index in [9.17, 15) is 0 Å². The van der Waals surface area contributed by atoms with E-state index in [1.165, 1.54) is 11.1 Å². The van der Waals surface area contributed by atoms with Crippen LogP contribution in [0.3, 0.4) is 0 Å².